The Kier molecular flexibility index (Phi) is 40.7. The van der Waals surface area contributed by atoms with Crippen molar-refractivity contribution in [3.8, 4) is 0 Å². The molecule has 0 spiro atoms. The molecule has 0 saturated heterocycles. The van der Waals surface area contributed by atoms with Gasteiger partial charge in [0.25, 0.3) is 0 Å². The first kappa shape index (κ1) is 54.2. The van der Waals surface area contributed by atoms with E-state index < -0.39 is 32.5 Å². The fourth-order valence-corrected chi connectivity index (χ4v) is 6.30. The van der Waals surface area contributed by atoms with Crippen LogP contribution < -0.4 is 5.73 Å². The van der Waals surface area contributed by atoms with Gasteiger partial charge in [0.2, 0.25) is 0 Å². The highest BCUT2D eigenvalue weighted by Crippen LogP contribution is 2.43. The molecular weight excluding hydrogens is 737 g/mol. The first-order valence-corrected chi connectivity index (χ1v) is 23.6. The number of hydrogen-bond acceptors (Lipinski definition) is 8. The van der Waals surface area contributed by atoms with Gasteiger partial charge < -0.3 is 20.1 Å². The predicted molar refractivity (Wildman–Crippen MR) is 238 cm³/mol. The van der Waals surface area contributed by atoms with Crippen LogP contribution in [0.25, 0.3) is 0 Å². The average Bonchev–Trinajstić information content (AvgIpc) is 3.20. The molecule has 0 radical (unpaired) electrons. The van der Waals surface area contributed by atoms with Crippen LogP contribution in [0.5, 0.6) is 0 Å². The quantitative estimate of drug-likeness (QED) is 0.0268. The summed E-state index contributed by atoms with van der Waals surface area (Å²) in [4.78, 5) is 34.9. The van der Waals surface area contributed by atoms with Crippen molar-refractivity contribution < 1.29 is 37.6 Å². The largest absolute Gasteiger partial charge is 0.472 e. The number of unbranched alkanes of at least 4 members (excludes halogenated alkanes) is 13. The van der Waals surface area contributed by atoms with Crippen molar-refractivity contribution in [1.29, 1.82) is 0 Å². The summed E-state index contributed by atoms with van der Waals surface area (Å²) < 4.78 is 32.7. The summed E-state index contributed by atoms with van der Waals surface area (Å²) in [6.07, 6.45) is 53.4. The molecule has 0 heterocycles. The molecule has 0 rings (SSSR count). The summed E-state index contributed by atoms with van der Waals surface area (Å²) in [5, 5.41) is 0. The minimum atomic E-state index is -4.40. The smallest absolute Gasteiger partial charge is 0.462 e. The maximum Gasteiger partial charge on any atom is 0.472 e. The van der Waals surface area contributed by atoms with Crippen molar-refractivity contribution in [2.75, 3.05) is 26.4 Å². The Labute approximate surface area is 347 Å². The van der Waals surface area contributed by atoms with Gasteiger partial charge in [-0.2, -0.15) is 0 Å². The number of allylic oxidation sites excluding steroid dienone is 14. The van der Waals surface area contributed by atoms with Crippen LogP contribution in [0.15, 0.2) is 85.1 Å². The third-order valence-corrected chi connectivity index (χ3v) is 9.76. The van der Waals surface area contributed by atoms with Gasteiger partial charge in [-0.3, -0.25) is 18.6 Å². The molecule has 0 aromatic carbocycles. The van der Waals surface area contributed by atoms with Gasteiger partial charge >= 0.3 is 19.8 Å². The van der Waals surface area contributed by atoms with Gasteiger partial charge in [0.05, 0.1) is 13.2 Å². The standard InChI is InChI=1S/C47H80NO8P/c1-3-5-7-9-11-13-15-17-19-21-22-24-26-28-30-32-34-36-38-40-47(50)56-45(44-55-57(51,52)54-42-41-48)43-53-46(49)39-37-35-33-31-29-27-25-23-20-18-16-14-12-10-8-6-4-2/h5,7,11,13,17-20,22,24,28,30,34,36,45H,3-4,6,8-10,12,14-16,21,23,25-27,29,31-33,35,37-44,48H2,1-2H3,(H,51,52)/b7-5+,13-11+,19-17+,20-18+,24-22+,30-28+,36-34+/t45-/m1/s1. The average molecular weight is 818 g/mol. The summed E-state index contributed by atoms with van der Waals surface area (Å²) >= 11 is 0. The van der Waals surface area contributed by atoms with Gasteiger partial charge in [-0.25, -0.2) is 4.57 Å². The normalized spacial score (nSPS) is 14.1. The maximum absolute atomic E-state index is 12.6. The van der Waals surface area contributed by atoms with E-state index in [4.69, 9.17) is 24.3 Å². The Balaban J connectivity index is 4.29. The first-order valence-electron chi connectivity index (χ1n) is 22.1. The molecule has 0 fully saturated rings. The number of ether oxygens (including phenoxy) is 2. The van der Waals surface area contributed by atoms with Crippen molar-refractivity contribution in [3.63, 3.8) is 0 Å². The minimum Gasteiger partial charge on any atom is -0.462 e. The fraction of sp³-hybridized carbons (Fsp3) is 0.660. The van der Waals surface area contributed by atoms with Crippen LogP contribution >= 0.6 is 7.82 Å². The third-order valence-electron chi connectivity index (χ3n) is 8.78. The molecule has 3 N–H and O–H groups in total. The molecule has 0 aliphatic heterocycles. The van der Waals surface area contributed by atoms with E-state index in [1.54, 1.807) is 0 Å². The highest BCUT2D eigenvalue weighted by molar-refractivity contribution is 7.47. The molecule has 57 heavy (non-hydrogen) atoms. The Morgan fingerprint density at radius 3 is 1.51 bits per heavy atom. The minimum absolute atomic E-state index is 0.0372. The molecule has 326 valence electrons. The van der Waals surface area contributed by atoms with Crippen molar-refractivity contribution in [3.05, 3.63) is 85.1 Å². The van der Waals surface area contributed by atoms with Crippen molar-refractivity contribution in [1.82, 2.24) is 0 Å². The second-order valence-electron chi connectivity index (χ2n) is 14.2. The molecular formula is C47H80NO8P. The van der Waals surface area contributed by atoms with Crippen molar-refractivity contribution in [2.24, 2.45) is 5.73 Å². The molecule has 0 saturated carbocycles. The van der Waals surface area contributed by atoms with Crippen LogP contribution in [0, 0.1) is 0 Å². The fourth-order valence-electron chi connectivity index (χ4n) is 5.54. The van der Waals surface area contributed by atoms with Crippen LogP contribution in [0.4, 0.5) is 0 Å². The Bertz CT molecular complexity index is 1210. The van der Waals surface area contributed by atoms with E-state index in [9.17, 15) is 19.0 Å². The van der Waals surface area contributed by atoms with Crippen LogP contribution in [-0.2, 0) is 32.7 Å². The van der Waals surface area contributed by atoms with Gasteiger partial charge in [-0.1, -0.05) is 163 Å². The van der Waals surface area contributed by atoms with E-state index in [0.29, 0.717) is 12.8 Å². The second kappa shape index (κ2) is 42.8. The number of carbonyl (C=O) groups excluding carboxylic acids is 2. The summed E-state index contributed by atoms with van der Waals surface area (Å²) in [5.74, 6) is -0.938. The molecule has 10 heteroatoms. The van der Waals surface area contributed by atoms with Crippen molar-refractivity contribution in [2.45, 2.75) is 174 Å². The molecule has 1 unspecified atom stereocenters. The van der Waals surface area contributed by atoms with Crippen LogP contribution in [0.1, 0.15) is 168 Å². The molecule has 0 amide bonds. The number of esters is 2. The Morgan fingerprint density at radius 2 is 1.00 bits per heavy atom. The summed E-state index contributed by atoms with van der Waals surface area (Å²) in [7, 11) is -4.40. The Morgan fingerprint density at radius 1 is 0.544 bits per heavy atom. The highest BCUT2D eigenvalue weighted by atomic mass is 31.2. The van der Waals surface area contributed by atoms with E-state index in [1.165, 1.54) is 64.2 Å². The molecule has 9 nitrogen and oxygen atoms in total. The number of phosphoric ester groups is 1. The van der Waals surface area contributed by atoms with Crippen LogP contribution in [0.3, 0.4) is 0 Å². The van der Waals surface area contributed by atoms with Gasteiger partial charge in [-0.15, -0.1) is 0 Å². The monoisotopic (exact) mass is 818 g/mol. The lowest BCUT2D eigenvalue weighted by Crippen LogP contribution is -2.29. The van der Waals surface area contributed by atoms with E-state index in [-0.39, 0.29) is 32.6 Å². The maximum atomic E-state index is 12.6. The third kappa shape index (κ3) is 42.6. The summed E-state index contributed by atoms with van der Waals surface area (Å²) in [5.41, 5.74) is 5.34. The molecule has 0 bridgehead atoms. The lowest BCUT2D eigenvalue weighted by molar-refractivity contribution is -0.161. The zero-order valence-corrected chi connectivity index (χ0v) is 36.7. The first-order chi connectivity index (χ1) is 27.8. The molecule has 0 aliphatic carbocycles. The molecule has 2 atom stereocenters. The molecule has 0 aromatic heterocycles. The number of hydrogen-bond donors (Lipinski definition) is 2. The number of rotatable bonds is 40. The highest BCUT2D eigenvalue weighted by Gasteiger charge is 2.25. The zero-order chi connectivity index (χ0) is 41.8. The number of nitrogens with two attached hydrogens (primary N) is 1. The van der Waals surface area contributed by atoms with E-state index in [0.717, 1.165) is 64.2 Å². The Hall–Kier alpha value is -2.81. The van der Waals surface area contributed by atoms with E-state index in [2.05, 4.69) is 86.8 Å². The number of phosphoric acid groups is 1. The summed E-state index contributed by atoms with van der Waals surface area (Å²) in [6, 6.07) is 0. The lowest BCUT2D eigenvalue weighted by atomic mass is 10.1. The number of carbonyl (C=O) groups is 2. The predicted octanol–water partition coefficient (Wildman–Crippen LogP) is 12.8. The van der Waals surface area contributed by atoms with Gasteiger partial charge in [0.1, 0.15) is 6.61 Å². The van der Waals surface area contributed by atoms with Gasteiger partial charge in [0, 0.05) is 19.4 Å². The van der Waals surface area contributed by atoms with Gasteiger partial charge in [0.15, 0.2) is 6.10 Å². The second-order valence-corrected chi connectivity index (χ2v) is 15.6. The van der Waals surface area contributed by atoms with E-state index >= 15 is 0 Å². The van der Waals surface area contributed by atoms with Gasteiger partial charge in [-0.05, 0) is 77.0 Å². The van der Waals surface area contributed by atoms with Crippen molar-refractivity contribution >= 4 is 19.8 Å². The topological polar surface area (TPSA) is 134 Å². The molecule has 0 aromatic rings. The van der Waals surface area contributed by atoms with Crippen LogP contribution in [0.2, 0.25) is 0 Å². The lowest BCUT2D eigenvalue weighted by Gasteiger charge is -2.19. The molecule has 0 aliphatic rings. The zero-order valence-electron chi connectivity index (χ0n) is 35.8. The van der Waals surface area contributed by atoms with Crippen LogP contribution in [-0.4, -0.2) is 49.3 Å². The van der Waals surface area contributed by atoms with E-state index in [1.807, 2.05) is 12.2 Å². The SMILES string of the molecule is CC/C=C/C/C=C/C/C=C/C/C=C/C/C=C/C/C=C/CCC(=O)O[C@H](COC(=O)CCCCCCCCC/C=C/CCCCCCCC)COP(=O)(O)OCCN. The summed E-state index contributed by atoms with van der Waals surface area (Å²) in [6.45, 7) is 3.51.